The van der Waals surface area contributed by atoms with Crippen LogP contribution in [0.2, 0.25) is 0 Å². The van der Waals surface area contributed by atoms with E-state index in [9.17, 15) is 0 Å². The van der Waals surface area contributed by atoms with Crippen LogP contribution in [0.1, 0.15) is 51.2 Å². The Morgan fingerprint density at radius 2 is 1.81 bits per heavy atom. The van der Waals surface area contributed by atoms with E-state index in [2.05, 4.69) is 62.0 Å². The van der Waals surface area contributed by atoms with Crippen molar-refractivity contribution in [2.75, 3.05) is 13.1 Å². The lowest BCUT2D eigenvalue weighted by atomic mass is 10.0. The summed E-state index contributed by atoms with van der Waals surface area (Å²) in [5.41, 5.74) is 8.24. The second-order valence-corrected chi connectivity index (χ2v) is 6.37. The number of rotatable bonds is 8. The number of nitrogens with zero attached hydrogens (tertiary/aromatic N) is 2. The predicted octanol–water partition coefficient (Wildman–Crippen LogP) is 3.40. The van der Waals surface area contributed by atoms with Crippen molar-refractivity contribution in [3.05, 3.63) is 35.4 Å². The molecule has 0 spiro atoms. The molecular weight excluding hydrogens is 262 g/mol. The number of hydrogen-bond acceptors (Lipinski definition) is 3. The van der Waals surface area contributed by atoms with E-state index in [1.54, 1.807) is 0 Å². The Balaban J connectivity index is 2.66. The lowest BCUT2D eigenvalue weighted by Crippen LogP contribution is -2.31. The third-order valence-electron chi connectivity index (χ3n) is 3.49. The van der Waals surface area contributed by atoms with E-state index >= 15 is 0 Å². The first kappa shape index (κ1) is 17.5. The summed E-state index contributed by atoms with van der Waals surface area (Å²) in [7, 11) is 0. The van der Waals surface area contributed by atoms with E-state index in [1.807, 2.05) is 0 Å². The molecule has 0 bridgehead atoms. The summed E-state index contributed by atoms with van der Waals surface area (Å²) in [6, 6.07) is 8.81. The molecule has 0 saturated carbocycles. The molecule has 0 unspecified atom stereocenters. The molecule has 4 nitrogen and oxygen atoms in total. The van der Waals surface area contributed by atoms with Gasteiger partial charge in [-0.3, -0.25) is 4.90 Å². The quantitative estimate of drug-likeness (QED) is 0.334. The maximum absolute atomic E-state index is 8.65. The van der Waals surface area contributed by atoms with Gasteiger partial charge in [-0.25, -0.2) is 0 Å². The van der Waals surface area contributed by atoms with Gasteiger partial charge < -0.3 is 10.9 Å². The minimum absolute atomic E-state index is 0.291. The monoisotopic (exact) mass is 291 g/mol. The Bertz CT molecular complexity index is 438. The van der Waals surface area contributed by atoms with Crippen LogP contribution in [0.25, 0.3) is 0 Å². The second kappa shape index (κ2) is 8.67. The minimum Gasteiger partial charge on any atom is -0.409 e. The molecule has 1 aromatic rings. The number of nitrogens with two attached hydrogens (primary N) is 1. The highest BCUT2D eigenvalue weighted by molar-refractivity contribution is 5.79. The standard InChI is InChI=1S/C17H29N3O/c1-13(2)11-20(10-9-17(18)19-21)12-15-5-7-16(8-6-15)14(3)4/h5-8,13-14,21H,9-12H2,1-4H3,(H2,18,19). The lowest BCUT2D eigenvalue weighted by Gasteiger charge is -2.24. The third-order valence-corrected chi connectivity index (χ3v) is 3.49. The molecule has 0 aliphatic rings. The van der Waals surface area contributed by atoms with Crippen LogP contribution in [-0.2, 0) is 6.54 Å². The van der Waals surface area contributed by atoms with Gasteiger partial charge in [0.25, 0.3) is 0 Å². The number of benzene rings is 1. The van der Waals surface area contributed by atoms with Crippen molar-refractivity contribution >= 4 is 5.84 Å². The van der Waals surface area contributed by atoms with E-state index < -0.39 is 0 Å². The Kier molecular flexibility index (Phi) is 7.23. The molecule has 0 fully saturated rings. The van der Waals surface area contributed by atoms with E-state index in [1.165, 1.54) is 11.1 Å². The van der Waals surface area contributed by atoms with Crippen molar-refractivity contribution in [1.82, 2.24) is 4.90 Å². The van der Waals surface area contributed by atoms with Crippen molar-refractivity contribution in [1.29, 1.82) is 0 Å². The van der Waals surface area contributed by atoms with Crippen molar-refractivity contribution in [2.24, 2.45) is 16.8 Å². The van der Waals surface area contributed by atoms with Gasteiger partial charge in [0.1, 0.15) is 5.84 Å². The molecule has 0 aliphatic carbocycles. The number of hydrogen-bond donors (Lipinski definition) is 2. The Hall–Kier alpha value is -1.55. The highest BCUT2D eigenvalue weighted by atomic mass is 16.4. The molecule has 21 heavy (non-hydrogen) atoms. The summed E-state index contributed by atoms with van der Waals surface area (Å²) >= 11 is 0. The van der Waals surface area contributed by atoms with E-state index in [-0.39, 0.29) is 0 Å². The molecule has 118 valence electrons. The van der Waals surface area contributed by atoms with Gasteiger partial charge in [0.05, 0.1) is 0 Å². The maximum atomic E-state index is 8.65. The normalized spacial score (nSPS) is 12.6. The highest BCUT2D eigenvalue weighted by Crippen LogP contribution is 2.16. The first-order chi connectivity index (χ1) is 9.92. The molecule has 0 amide bonds. The molecule has 3 N–H and O–H groups in total. The van der Waals surface area contributed by atoms with Crippen LogP contribution in [-0.4, -0.2) is 29.0 Å². The third kappa shape index (κ3) is 6.63. The van der Waals surface area contributed by atoms with Gasteiger partial charge in [0.2, 0.25) is 0 Å². The molecule has 0 saturated heterocycles. The predicted molar refractivity (Wildman–Crippen MR) is 88.7 cm³/mol. The summed E-state index contributed by atoms with van der Waals surface area (Å²) in [6.45, 7) is 11.5. The number of amidine groups is 1. The first-order valence-electron chi connectivity index (χ1n) is 7.70. The van der Waals surface area contributed by atoms with E-state index in [0.29, 0.717) is 24.1 Å². The Morgan fingerprint density at radius 3 is 2.29 bits per heavy atom. The topological polar surface area (TPSA) is 61.8 Å². The first-order valence-corrected chi connectivity index (χ1v) is 7.70. The van der Waals surface area contributed by atoms with Crippen molar-refractivity contribution in [3.8, 4) is 0 Å². The van der Waals surface area contributed by atoms with Crippen molar-refractivity contribution in [2.45, 2.75) is 46.6 Å². The van der Waals surface area contributed by atoms with Crippen LogP contribution < -0.4 is 5.73 Å². The van der Waals surface area contributed by atoms with E-state index in [0.717, 1.165) is 19.6 Å². The minimum atomic E-state index is 0.291. The van der Waals surface area contributed by atoms with Gasteiger partial charge in [-0.2, -0.15) is 0 Å². The summed E-state index contributed by atoms with van der Waals surface area (Å²) in [6.07, 6.45) is 0.591. The largest absolute Gasteiger partial charge is 0.409 e. The van der Waals surface area contributed by atoms with Crippen LogP contribution >= 0.6 is 0 Å². The zero-order valence-corrected chi connectivity index (χ0v) is 13.7. The fourth-order valence-electron chi connectivity index (χ4n) is 2.34. The van der Waals surface area contributed by atoms with Gasteiger partial charge >= 0.3 is 0 Å². The van der Waals surface area contributed by atoms with Crippen LogP contribution in [0.15, 0.2) is 29.4 Å². The maximum Gasteiger partial charge on any atom is 0.140 e. The van der Waals surface area contributed by atoms with Crippen molar-refractivity contribution < 1.29 is 5.21 Å². The highest BCUT2D eigenvalue weighted by Gasteiger charge is 2.10. The molecule has 0 aliphatic heterocycles. The zero-order chi connectivity index (χ0) is 15.8. The van der Waals surface area contributed by atoms with Gasteiger partial charge in [0, 0.05) is 26.1 Å². The zero-order valence-electron chi connectivity index (χ0n) is 13.7. The smallest absolute Gasteiger partial charge is 0.140 e. The average molecular weight is 291 g/mol. The molecule has 0 radical (unpaired) electrons. The Morgan fingerprint density at radius 1 is 1.19 bits per heavy atom. The van der Waals surface area contributed by atoms with Gasteiger partial charge in [-0.05, 0) is 23.0 Å². The van der Waals surface area contributed by atoms with Gasteiger partial charge in [0.15, 0.2) is 0 Å². The van der Waals surface area contributed by atoms with Crippen LogP contribution in [0.4, 0.5) is 0 Å². The van der Waals surface area contributed by atoms with Crippen molar-refractivity contribution in [3.63, 3.8) is 0 Å². The molecule has 0 atom stereocenters. The van der Waals surface area contributed by atoms with E-state index in [4.69, 9.17) is 10.9 Å². The molecule has 1 aromatic carbocycles. The van der Waals surface area contributed by atoms with Crippen LogP contribution in [0.3, 0.4) is 0 Å². The van der Waals surface area contributed by atoms with Gasteiger partial charge in [-0.1, -0.05) is 57.1 Å². The average Bonchev–Trinajstić information content (AvgIpc) is 2.44. The Labute approximate surface area is 128 Å². The fraction of sp³-hybridized carbons (Fsp3) is 0.588. The molecule has 1 rings (SSSR count). The number of oxime groups is 1. The summed E-state index contributed by atoms with van der Waals surface area (Å²) in [4.78, 5) is 2.35. The fourth-order valence-corrected chi connectivity index (χ4v) is 2.34. The second-order valence-electron chi connectivity index (χ2n) is 6.37. The summed E-state index contributed by atoms with van der Waals surface area (Å²) < 4.78 is 0. The lowest BCUT2D eigenvalue weighted by molar-refractivity contribution is 0.241. The SMILES string of the molecule is CC(C)CN(CCC(N)=NO)Cc1ccc(C(C)C)cc1. The molecule has 0 heterocycles. The summed E-state index contributed by atoms with van der Waals surface area (Å²) in [5.74, 6) is 1.44. The van der Waals surface area contributed by atoms with Crippen LogP contribution in [0.5, 0.6) is 0 Å². The molecule has 0 aromatic heterocycles. The molecule has 4 heteroatoms. The van der Waals surface area contributed by atoms with Crippen LogP contribution in [0, 0.1) is 5.92 Å². The molecular formula is C17H29N3O. The summed E-state index contributed by atoms with van der Waals surface area (Å²) in [5, 5.41) is 11.7. The van der Waals surface area contributed by atoms with Gasteiger partial charge in [-0.15, -0.1) is 0 Å².